The van der Waals surface area contributed by atoms with Gasteiger partial charge in [-0.15, -0.1) is 0 Å². The van der Waals surface area contributed by atoms with Gasteiger partial charge in [0.2, 0.25) is 0 Å². The molecular formula is C16H25FN2. The molecule has 0 bridgehead atoms. The van der Waals surface area contributed by atoms with Gasteiger partial charge in [0.25, 0.3) is 0 Å². The largest absolute Gasteiger partial charge is 0.364 e. The maximum atomic E-state index is 13.5. The molecule has 19 heavy (non-hydrogen) atoms. The maximum absolute atomic E-state index is 13.5. The number of anilines is 1. The number of hydrogen-bond acceptors (Lipinski definition) is 2. The minimum Gasteiger partial charge on any atom is -0.364 e. The van der Waals surface area contributed by atoms with E-state index in [-0.39, 0.29) is 11.4 Å². The fraction of sp³-hybridized carbons (Fsp3) is 0.625. The average Bonchev–Trinajstić information content (AvgIpc) is 2.84. The lowest BCUT2D eigenvalue weighted by molar-refractivity contribution is 0.349. The molecule has 0 aliphatic carbocycles. The van der Waals surface area contributed by atoms with Crippen LogP contribution in [0.2, 0.25) is 0 Å². The maximum Gasteiger partial charge on any atom is 0.125 e. The summed E-state index contributed by atoms with van der Waals surface area (Å²) in [6.07, 6.45) is 5.45. The highest BCUT2D eigenvalue weighted by Gasteiger charge is 2.37. The second-order valence-corrected chi connectivity index (χ2v) is 5.56. The molecule has 0 fully saturated rings. The van der Waals surface area contributed by atoms with E-state index in [9.17, 15) is 4.39 Å². The SMILES string of the molecule is CCCCC(CC)(CN)N1CCc2ccc(F)cc21. The van der Waals surface area contributed by atoms with Crippen LogP contribution in [0.25, 0.3) is 0 Å². The van der Waals surface area contributed by atoms with Crippen LogP contribution < -0.4 is 10.6 Å². The molecule has 1 aromatic carbocycles. The highest BCUT2D eigenvalue weighted by atomic mass is 19.1. The zero-order chi connectivity index (χ0) is 13.9. The van der Waals surface area contributed by atoms with Gasteiger partial charge in [0.15, 0.2) is 0 Å². The van der Waals surface area contributed by atoms with Crippen LogP contribution in [0, 0.1) is 5.82 Å². The molecule has 0 spiro atoms. The van der Waals surface area contributed by atoms with Gasteiger partial charge < -0.3 is 10.6 Å². The number of nitrogens with two attached hydrogens (primary N) is 1. The van der Waals surface area contributed by atoms with Crippen LogP contribution in [-0.2, 0) is 6.42 Å². The molecule has 2 nitrogen and oxygen atoms in total. The minimum atomic E-state index is -0.150. The van der Waals surface area contributed by atoms with Crippen molar-refractivity contribution >= 4 is 5.69 Å². The van der Waals surface area contributed by atoms with E-state index in [2.05, 4.69) is 18.7 Å². The lowest BCUT2D eigenvalue weighted by atomic mass is 9.87. The van der Waals surface area contributed by atoms with Crippen molar-refractivity contribution in [2.24, 2.45) is 5.73 Å². The minimum absolute atomic E-state index is 0.00491. The first-order chi connectivity index (χ1) is 9.16. The Morgan fingerprint density at radius 2 is 2.16 bits per heavy atom. The van der Waals surface area contributed by atoms with Crippen molar-refractivity contribution in [3.63, 3.8) is 0 Å². The van der Waals surface area contributed by atoms with E-state index in [4.69, 9.17) is 5.73 Å². The second kappa shape index (κ2) is 5.91. The predicted octanol–water partition coefficient (Wildman–Crippen LogP) is 3.49. The van der Waals surface area contributed by atoms with Crippen molar-refractivity contribution in [3.05, 3.63) is 29.6 Å². The van der Waals surface area contributed by atoms with Gasteiger partial charge in [-0.2, -0.15) is 0 Å². The number of benzene rings is 1. The highest BCUT2D eigenvalue weighted by molar-refractivity contribution is 5.60. The average molecular weight is 264 g/mol. The van der Waals surface area contributed by atoms with E-state index in [0.717, 1.165) is 31.5 Å². The number of unbranched alkanes of at least 4 members (excludes halogenated alkanes) is 1. The Morgan fingerprint density at radius 3 is 2.79 bits per heavy atom. The van der Waals surface area contributed by atoms with Gasteiger partial charge in [0.1, 0.15) is 5.82 Å². The van der Waals surface area contributed by atoms with Crippen LogP contribution in [0.15, 0.2) is 18.2 Å². The molecule has 0 aromatic heterocycles. The summed E-state index contributed by atoms with van der Waals surface area (Å²) < 4.78 is 13.5. The van der Waals surface area contributed by atoms with Crippen molar-refractivity contribution in [1.82, 2.24) is 0 Å². The lowest BCUT2D eigenvalue weighted by Crippen LogP contribution is -2.53. The van der Waals surface area contributed by atoms with Gasteiger partial charge in [-0.25, -0.2) is 4.39 Å². The third-order valence-corrected chi connectivity index (χ3v) is 4.55. The normalized spacial score (nSPS) is 17.4. The molecule has 1 aliphatic heterocycles. The first-order valence-electron chi connectivity index (χ1n) is 7.43. The topological polar surface area (TPSA) is 29.3 Å². The molecule has 3 heteroatoms. The number of rotatable bonds is 6. The summed E-state index contributed by atoms with van der Waals surface area (Å²) >= 11 is 0. The zero-order valence-electron chi connectivity index (χ0n) is 12.1. The van der Waals surface area contributed by atoms with E-state index < -0.39 is 0 Å². The Morgan fingerprint density at radius 1 is 1.37 bits per heavy atom. The molecule has 0 radical (unpaired) electrons. The number of fused-ring (bicyclic) bond motifs is 1. The molecule has 0 saturated heterocycles. The molecule has 1 aliphatic rings. The standard InChI is InChI=1S/C16H25FN2/c1-3-5-9-16(4-2,12-18)19-10-8-13-6-7-14(17)11-15(13)19/h6-7,11H,3-5,8-10,12,18H2,1-2H3. The summed E-state index contributed by atoms with van der Waals surface area (Å²) in [4.78, 5) is 2.36. The summed E-state index contributed by atoms with van der Waals surface area (Å²) in [5.74, 6) is -0.150. The number of halogens is 1. The zero-order valence-corrected chi connectivity index (χ0v) is 12.1. The van der Waals surface area contributed by atoms with Gasteiger partial charge in [0, 0.05) is 18.8 Å². The van der Waals surface area contributed by atoms with Gasteiger partial charge in [-0.05, 0) is 37.0 Å². The van der Waals surface area contributed by atoms with Gasteiger partial charge in [0.05, 0.1) is 5.54 Å². The summed E-state index contributed by atoms with van der Waals surface area (Å²) in [6.45, 7) is 6.00. The van der Waals surface area contributed by atoms with Crippen LogP contribution in [0.3, 0.4) is 0 Å². The third kappa shape index (κ3) is 2.62. The smallest absolute Gasteiger partial charge is 0.125 e. The summed E-state index contributed by atoms with van der Waals surface area (Å²) in [7, 11) is 0. The molecule has 106 valence electrons. The van der Waals surface area contributed by atoms with E-state index in [0.29, 0.717) is 6.54 Å². The quantitative estimate of drug-likeness (QED) is 0.852. The van der Waals surface area contributed by atoms with Crippen LogP contribution in [0.4, 0.5) is 10.1 Å². The second-order valence-electron chi connectivity index (χ2n) is 5.56. The molecule has 2 rings (SSSR count). The Hall–Kier alpha value is -1.09. The highest BCUT2D eigenvalue weighted by Crippen LogP contribution is 2.37. The Kier molecular flexibility index (Phi) is 4.46. The van der Waals surface area contributed by atoms with Crippen molar-refractivity contribution < 1.29 is 4.39 Å². The van der Waals surface area contributed by atoms with Gasteiger partial charge >= 0.3 is 0 Å². The predicted molar refractivity (Wildman–Crippen MR) is 79.1 cm³/mol. The van der Waals surface area contributed by atoms with Crippen LogP contribution in [-0.4, -0.2) is 18.6 Å². The van der Waals surface area contributed by atoms with E-state index in [1.807, 2.05) is 6.07 Å². The molecule has 1 atom stereocenters. The lowest BCUT2D eigenvalue weighted by Gasteiger charge is -2.43. The summed E-state index contributed by atoms with van der Waals surface area (Å²) in [6, 6.07) is 5.15. The van der Waals surface area contributed by atoms with Crippen molar-refractivity contribution in [2.45, 2.75) is 51.5 Å². The molecule has 1 aromatic rings. The van der Waals surface area contributed by atoms with Crippen LogP contribution in [0.1, 0.15) is 45.1 Å². The monoisotopic (exact) mass is 264 g/mol. The molecule has 1 heterocycles. The van der Waals surface area contributed by atoms with Gasteiger partial charge in [-0.1, -0.05) is 32.8 Å². The van der Waals surface area contributed by atoms with Crippen molar-refractivity contribution in [2.75, 3.05) is 18.0 Å². The fourth-order valence-electron chi connectivity index (χ4n) is 3.21. The van der Waals surface area contributed by atoms with E-state index in [1.54, 1.807) is 12.1 Å². The van der Waals surface area contributed by atoms with Crippen LogP contribution >= 0.6 is 0 Å². The fourth-order valence-corrected chi connectivity index (χ4v) is 3.21. The first kappa shape index (κ1) is 14.3. The first-order valence-corrected chi connectivity index (χ1v) is 7.43. The molecule has 0 amide bonds. The number of hydrogen-bond donors (Lipinski definition) is 1. The van der Waals surface area contributed by atoms with Crippen molar-refractivity contribution in [3.8, 4) is 0 Å². The molecule has 0 saturated carbocycles. The Labute approximate surface area is 115 Å². The third-order valence-electron chi connectivity index (χ3n) is 4.55. The number of nitrogens with zero attached hydrogens (tertiary/aromatic N) is 1. The van der Waals surface area contributed by atoms with Crippen molar-refractivity contribution in [1.29, 1.82) is 0 Å². The summed E-state index contributed by atoms with van der Waals surface area (Å²) in [5, 5.41) is 0. The van der Waals surface area contributed by atoms with E-state index in [1.165, 1.54) is 18.4 Å². The van der Waals surface area contributed by atoms with E-state index >= 15 is 0 Å². The molecule has 2 N–H and O–H groups in total. The molecule has 1 unspecified atom stereocenters. The summed E-state index contributed by atoms with van der Waals surface area (Å²) in [5.41, 5.74) is 8.41. The Balaban J connectivity index is 2.32. The molecular weight excluding hydrogens is 239 g/mol. The van der Waals surface area contributed by atoms with Crippen LogP contribution in [0.5, 0.6) is 0 Å². The Bertz CT molecular complexity index is 427. The van der Waals surface area contributed by atoms with Gasteiger partial charge in [-0.3, -0.25) is 0 Å².